The largest absolute Gasteiger partial charge is 0.0842 e. The van der Waals surface area contributed by atoms with E-state index in [0.29, 0.717) is 0 Å². The maximum absolute atomic E-state index is 2.31. The van der Waals surface area contributed by atoms with Gasteiger partial charge in [-0.25, -0.2) is 0 Å². The second kappa shape index (κ2) is 3.05. The molecule has 0 aromatic heterocycles. The summed E-state index contributed by atoms with van der Waals surface area (Å²) in [5, 5.41) is 0. The molecule has 0 heteroatoms. The van der Waals surface area contributed by atoms with Crippen LogP contribution in [-0.4, -0.2) is 0 Å². The SMILES string of the molecule is CC(C)=C1C=CCC[C@@H]1C. The molecule has 0 saturated heterocycles. The molecule has 0 aromatic rings. The van der Waals surface area contributed by atoms with Crippen LogP contribution in [0.25, 0.3) is 0 Å². The van der Waals surface area contributed by atoms with Crippen LogP contribution in [0.4, 0.5) is 0 Å². The predicted molar refractivity (Wildman–Crippen MR) is 45.9 cm³/mol. The average molecular weight is 136 g/mol. The van der Waals surface area contributed by atoms with Crippen molar-refractivity contribution >= 4 is 0 Å². The molecule has 1 rings (SSSR count). The Balaban J connectivity index is 2.84. The Kier molecular flexibility index (Phi) is 2.31. The highest BCUT2D eigenvalue weighted by molar-refractivity contribution is 5.27. The van der Waals surface area contributed by atoms with Crippen LogP contribution in [0, 0.1) is 5.92 Å². The van der Waals surface area contributed by atoms with Crippen molar-refractivity contribution in [3.05, 3.63) is 23.3 Å². The van der Waals surface area contributed by atoms with Crippen LogP contribution in [0.2, 0.25) is 0 Å². The number of hydrogen-bond donors (Lipinski definition) is 0. The second-order valence-electron chi connectivity index (χ2n) is 3.34. The van der Waals surface area contributed by atoms with Crippen LogP contribution in [-0.2, 0) is 0 Å². The van der Waals surface area contributed by atoms with Crippen LogP contribution in [0.1, 0.15) is 33.6 Å². The van der Waals surface area contributed by atoms with Gasteiger partial charge in [-0.2, -0.15) is 0 Å². The van der Waals surface area contributed by atoms with Gasteiger partial charge in [0.05, 0.1) is 0 Å². The van der Waals surface area contributed by atoms with Gasteiger partial charge in [-0.1, -0.05) is 24.6 Å². The van der Waals surface area contributed by atoms with E-state index in [-0.39, 0.29) is 0 Å². The Morgan fingerprint density at radius 2 is 2.20 bits per heavy atom. The third-order valence-electron chi connectivity index (χ3n) is 2.17. The molecule has 0 heterocycles. The molecule has 0 aliphatic heterocycles. The first-order valence-corrected chi connectivity index (χ1v) is 4.05. The van der Waals surface area contributed by atoms with Gasteiger partial charge >= 0.3 is 0 Å². The van der Waals surface area contributed by atoms with Gasteiger partial charge < -0.3 is 0 Å². The molecular formula is C10H16. The molecule has 0 nitrogen and oxygen atoms in total. The Hall–Kier alpha value is -0.520. The van der Waals surface area contributed by atoms with E-state index in [0.717, 1.165) is 5.92 Å². The fourth-order valence-corrected chi connectivity index (χ4v) is 1.54. The highest BCUT2D eigenvalue weighted by Gasteiger charge is 2.09. The highest BCUT2D eigenvalue weighted by atomic mass is 14.1. The second-order valence-corrected chi connectivity index (χ2v) is 3.34. The minimum Gasteiger partial charge on any atom is -0.0842 e. The van der Waals surface area contributed by atoms with Crippen molar-refractivity contribution in [1.82, 2.24) is 0 Å². The van der Waals surface area contributed by atoms with E-state index in [1.165, 1.54) is 18.4 Å². The third kappa shape index (κ3) is 1.50. The van der Waals surface area contributed by atoms with Gasteiger partial charge in [-0.15, -0.1) is 0 Å². The third-order valence-corrected chi connectivity index (χ3v) is 2.17. The predicted octanol–water partition coefficient (Wildman–Crippen LogP) is 3.31. The monoisotopic (exact) mass is 136 g/mol. The maximum atomic E-state index is 2.31. The van der Waals surface area contributed by atoms with Gasteiger partial charge in [0.15, 0.2) is 0 Å². The standard InChI is InChI=1S/C10H16/c1-8(2)10-7-5-4-6-9(10)3/h5,7,9H,4,6H2,1-3H3/t9-/m0/s1. The van der Waals surface area contributed by atoms with Crippen molar-refractivity contribution in [2.75, 3.05) is 0 Å². The lowest BCUT2D eigenvalue weighted by atomic mass is 9.88. The van der Waals surface area contributed by atoms with E-state index in [4.69, 9.17) is 0 Å². The van der Waals surface area contributed by atoms with Gasteiger partial charge in [0.25, 0.3) is 0 Å². The fraction of sp³-hybridized carbons (Fsp3) is 0.600. The quantitative estimate of drug-likeness (QED) is 0.479. The normalized spacial score (nSPS) is 25.1. The lowest BCUT2D eigenvalue weighted by Crippen LogP contribution is -2.02. The molecule has 1 aliphatic rings. The molecular weight excluding hydrogens is 120 g/mol. The Morgan fingerprint density at radius 1 is 1.50 bits per heavy atom. The molecule has 0 bridgehead atoms. The molecule has 1 aliphatic carbocycles. The number of rotatable bonds is 0. The van der Waals surface area contributed by atoms with Crippen molar-refractivity contribution in [3.8, 4) is 0 Å². The first-order chi connectivity index (χ1) is 4.72. The van der Waals surface area contributed by atoms with Crippen molar-refractivity contribution in [2.45, 2.75) is 33.6 Å². The molecule has 0 unspecified atom stereocenters. The van der Waals surface area contributed by atoms with Gasteiger partial charge in [0.1, 0.15) is 0 Å². The summed E-state index contributed by atoms with van der Waals surface area (Å²) in [6.07, 6.45) is 7.15. The fourth-order valence-electron chi connectivity index (χ4n) is 1.54. The molecule has 1 atom stereocenters. The lowest BCUT2D eigenvalue weighted by Gasteiger charge is -2.17. The average Bonchev–Trinajstić information content (AvgIpc) is 1.88. The molecule has 0 saturated carbocycles. The molecule has 0 aromatic carbocycles. The van der Waals surface area contributed by atoms with Crippen LogP contribution >= 0.6 is 0 Å². The molecule has 10 heavy (non-hydrogen) atoms. The zero-order valence-electron chi connectivity index (χ0n) is 7.15. The molecule has 0 amide bonds. The molecule has 0 fully saturated rings. The summed E-state index contributed by atoms with van der Waals surface area (Å²) in [4.78, 5) is 0. The van der Waals surface area contributed by atoms with E-state index in [1.54, 1.807) is 5.57 Å². The lowest BCUT2D eigenvalue weighted by molar-refractivity contribution is 0.612. The first-order valence-electron chi connectivity index (χ1n) is 4.05. The van der Waals surface area contributed by atoms with Gasteiger partial charge in [-0.05, 0) is 38.2 Å². The van der Waals surface area contributed by atoms with Crippen molar-refractivity contribution < 1.29 is 0 Å². The summed E-state index contributed by atoms with van der Waals surface area (Å²) >= 11 is 0. The molecule has 0 N–H and O–H groups in total. The van der Waals surface area contributed by atoms with E-state index in [9.17, 15) is 0 Å². The van der Waals surface area contributed by atoms with Crippen molar-refractivity contribution in [2.24, 2.45) is 5.92 Å². The van der Waals surface area contributed by atoms with Crippen LogP contribution in [0.3, 0.4) is 0 Å². The van der Waals surface area contributed by atoms with E-state index < -0.39 is 0 Å². The van der Waals surface area contributed by atoms with Crippen molar-refractivity contribution in [3.63, 3.8) is 0 Å². The Labute approximate surface area is 63.6 Å². The number of hydrogen-bond acceptors (Lipinski definition) is 0. The van der Waals surface area contributed by atoms with Crippen LogP contribution < -0.4 is 0 Å². The van der Waals surface area contributed by atoms with Crippen LogP contribution in [0.5, 0.6) is 0 Å². The number of allylic oxidation sites excluding steroid dienone is 4. The molecule has 0 radical (unpaired) electrons. The maximum Gasteiger partial charge on any atom is -0.0188 e. The van der Waals surface area contributed by atoms with Gasteiger partial charge in [0.2, 0.25) is 0 Å². The van der Waals surface area contributed by atoms with Gasteiger partial charge in [-0.3, -0.25) is 0 Å². The molecule has 56 valence electrons. The molecule has 0 spiro atoms. The summed E-state index contributed by atoms with van der Waals surface area (Å²) in [6, 6.07) is 0. The minimum atomic E-state index is 0.787. The zero-order chi connectivity index (χ0) is 7.56. The van der Waals surface area contributed by atoms with E-state index >= 15 is 0 Å². The van der Waals surface area contributed by atoms with Gasteiger partial charge in [0, 0.05) is 0 Å². The smallest absolute Gasteiger partial charge is 0.0188 e. The Morgan fingerprint density at radius 3 is 2.60 bits per heavy atom. The minimum absolute atomic E-state index is 0.787. The summed E-state index contributed by atoms with van der Waals surface area (Å²) in [5.74, 6) is 0.787. The van der Waals surface area contributed by atoms with Crippen molar-refractivity contribution in [1.29, 1.82) is 0 Å². The topological polar surface area (TPSA) is 0 Å². The summed E-state index contributed by atoms with van der Waals surface area (Å²) in [5.41, 5.74) is 3.02. The van der Waals surface area contributed by atoms with E-state index in [2.05, 4.69) is 32.9 Å². The van der Waals surface area contributed by atoms with E-state index in [1.807, 2.05) is 0 Å². The zero-order valence-corrected chi connectivity index (χ0v) is 7.15. The summed E-state index contributed by atoms with van der Waals surface area (Å²) in [7, 11) is 0. The summed E-state index contributed by atoms with van der Waals surface area (Å²) < 4.78 is 0. The Bertz CT molecular complexity index is 168. The van der Waals surface area contributed by atoms with Crippen LogP contribution in [0.15, 0.2) is 23.3 Å². The summed E-state index contributed by atoms with van der Waals surface area (Å²) in [6.45, 7) is 6.70. The highest BCUT2D eigenvalue weighted by Crippen LogP contribution is 2.25. The first kappa shape index (κ1) is 7.59.